The Kier molecular flexibility index (Phi) is 10.4. The highest BCUT2D eigenvalue weighted by atomic mass is 16.6. The van der Waals surface area contributed by atoms with E-state index in [9.17, 15) is 15.0 Å². The Morgan fingerprint density at radius 3 is 2.31 bits per heavy atom. The van der Waals surface area contributed by atoms with Gasteiger partial charge in [0.2, 0.25) is 5.91 Å². The number of carbonyl (C=O) groups is 1. The molecule has 1 fully saturated rings. The molecule has 1 aliphatic rings. The van der Waals surface area contributed by atoms with E-state index in [1.54, 1.807) is 10.9 Å². The van der Waals surface area contributed by atoms with Crippen LogP contribution in [0.4, 0.5) is 5.82 Å². The summed E-state index contributed by atoms with van der Waals surface area (Å²) in [6.07, 6.45) is -2.12. The Bertz CT molecular complexity index is 1500. The van der Waals surface area contributed by atoms with E-state index in [1.807, 2.05) is 57.2 Å². The number of methoxy groups -OCH3 is 1. The molecule has 2 aromatic heterocycles. The largest absolute Gasteiger partial charge is 0.387 e. The third-order valence-electron chi connectivity index (χ3n) is 7.61. The van der Waals surface area contributed by atoms with Gasteiger partial charge in [-0.25, -0.2) is 15.0 Å². The molecular formula is C33H43N7O5. The van der Waals surface area contributed by atoms with Gasteiger partial charge in [-0.3, -0.25) is 9.36 Å². The summed E-state index contributed by atoms with van der Waals surface area (Å²) < 4.78 is 12.8. The van der Waals surface area contributed by atoms with Crippen LogP contribution in [0, 0.1) is 0 Å². The summed E-state index contributed by atoms with van der Waals surface area (Å²) in [7, 11) is 1.51. The molecule has 4 atom stereocenters. The van der Waals surface area contributed by atoms with Crippen molar-refractivity contribution in [2.24, 2.45) is 0 Å². The number of ether oxygens (including phenoxy) is 2. The number of hydrogen-bond acceptors (Lipinski definition) is 10. The monoisotopic (exact) mass is 617 g/mol. The van der Waals surface area contributed by atoms with Crippen molar-refractivity contribution in [1.29, 1.82) is 0 Å². The first kappa shape index (κ1) is 32.5. The van der Waals surface area contributed by atoms with E-state index >= 15 is 0 Å². The fourth-order valence-electron chi connectivity index (χ4n) is 5.49. The molecule has 45 heavy (non-hydrogen) atoms. The second-order valence-corrected chi connectivity index (χ2v) is 12.3. The summed E-state index contributed by atoms with van der Waals surface area (Å²) in [6.45, 7) is 7.22. The van der Waals surface area contributed by atoms with Crippen molar-refractivity contribution < 1.29 is 24.5 Å². The summed E-state index contributed by atoms with van der Waals surface area (Å²) in [5, 5.41) is 31.2. The van der Waals surface area contributed by atoms with Crippen LogP contribution in [-0.2, 0) is 20.8 Å². The SMILES string of the molecule is COC[C@H]1O[C@@H](n2cnc3c(NCC(c4ccccc4)c4ccccc4)nc(CNCCC(=O)NC(C)(C)C)nc32)[C@@H](O)[C@@H]1O. The van der Waals surface area contributed by atoms with Gasteiger partial charge in [0.1, 0.15) is 24.1 Å². The van der Waals surface area contributed by atoms with Gasteiger partial charge < -0.3 is 35.6 Å². The van der Waals surface area contributed by atoms with Gasteiger partial charge in [0.05, 0.1) is 19.5 Å². The van der Waals surface area contributed by atoms with Gasteiger partial charge in [0.25, 0.3) is 0 Å². The highest BCUT2D eigenvalue weighted by Crippen LogP contribution is 2.33. The van der Waals surface area contributed by atoms with Crippen LogP contribution in [0.2, 0.25) is 0 Å². The Labute approximate surface area is 263 Å². The van der Waals surface area contributed by atoms with Gasteiger partial charge in [0.15, 0.2) is 23.2 Å². The standard InChI is InChI=1S/C33H43N7O5/c1-33(2,3)39-26(41)15-16-34-18-25-37-30(35-17-23(21-11-7-5-8-12-21)22-13-9-6-10-14-22)27-31(38-25)40(20-36-27)32-29(43)28(42)24(45-32)19-44-4/h5-14,20,23-24,28-29,32,34,42-43H,15-19H2,1-4H3,(H,39,41)(H,35,37,38)/t24-,28-,29+,32-/m1/s1. The van der Waals surface area contributed by atoms with Gasteiger partial charge in [-0.15, -0.1) is 0 Å². The van der Waals surface area contributed by atoms with E-state index in [0.717, 1.165) is 11.1 Å². The van der Waals surface area contributed by atoms with Crippen LogP contribution in [0.25, 0.3) is 11.2 Å². The molecule has 4 aromatic rings. The maximum atomic E-state index is 12.3. The minimum absolute atomic E-state index is 0.0346. The van der Waals surface area contributed by atoms with E-state index in [0.29, 0.717) is 48.9 Å². The molecule has 0 saturated carbocycles. The Hall–Kier alpha value is -3.94. The molecule has 0 bridgehead atoms. The van der Waals surface area contributed by atoms with E-state index in [-0.39, 0.29) is 24.0 Å². The fraction of sp³-hybridized carbons (Fsp3) is 0.455. The van der Waals surface area contributed by atoms with Crippen LogP contribution < -0.4 is 16.0 Å². The number of amides is 1. The molecule has 0 spiro atoms. The van der Waals surface area contributed by atoms with E-state index in [1.165, 1.54) is 7.11 Å². The van der Waals surface area contributed by atoms with Crippen LogP contribution in [0.3, 0.4) is 0 Å². The molecule has 1 saturated heterocycles. The minimum atomic E-state index is -1.21. The zero-order chi connectivity index (χ0) is 32.0. The third kappa shape index (κ3) is 8.02. The number of aliphatic hydroxyl groups excluding tert-OH is 2. The lowest BCUT2D eigenvalue weighted by molar-refractivity contribution is -0.122. The normalized spacial score (nSPS) is 20.2. The number of nitrogens with one attached hydrogen (secondary N) is 3. The maximum Gasteiger partial charge on any atom is 0.221 e. The molecule has 3 heterocycles. The van der Waals surface area contributed by atoms with E-state index in [2.05, 4.69) is 45.2 Å². The Balaban J connectivity index is 1.42. The first-order valence-corrected chi connectivity index (χ1v) is 15.2. The van der Waals surface area contributed by atoms with E-state index in [4.69, 9.17) is 19.4 Å². The third-order valence-corrected chi connectivity index (χ3v) is 7.61. The van der Waals surface area contributed by atoms with Crippen molar-refractivity contribution in [2.75, 3.05) is 32.1 Å². The lowest BCUT2D eigenvalue weighted by Gasteiger charge is -2.20. The number of benzene rings is 2. The van der Waals surface area contributed by atoms with Crippen LogP contribution in [-0.4, -0.2) is 86.3 Å². The fourth-order valence-corrected chi connectivity index (χ4v) is 5.49. The summed E-state index contributed by atoms with van der Waals surface area (Å²) in [5.74, 6) is 0.989. The van der Waals surface area contributed by atoms with Crippen LogP contribution in [0.15, 0.2) is 67.0 Å². The number of hydrogen-bond donors (Lipinski definition) is 5. The molecule has 240 valence electrons. The number of fused-ring (bicyclic) bond motifs is 1. The summed E-state index contributed by atoms with van der Waals surface area (Å²) >= 11 is 0. The zero-order valence-corrected chi connectivity index (χ0v) is 26.2. The molecule has 12 heteroatoms. The van der Waals surface area contributed by atoms with Crippen LogP contribution >= 0.6 is 0 Å². The summed E-state index contributed by atoms with van der Waals surface area (Å²) in [5.41, 5.74) is 2.96. The Morgan fingerprint density at radius 2 is 1.69 bits per heavy atom. The molecule has 2 aromatic carbocycles. The van der Waals surface area contributed by atoms with Gasteiger partial charge in [0, 0.05) is 38.1 Å². The molecule has 0 unspecified atom stereocenters. The molecule has 5 rings (SSSR count). The molecular weight excluding hydrogens is 574 g/mol. The number of rotatable bonds is 13. The zero-order valence-electron chi connectivity index (χ0n) is 26.2. The molecule has 1 amide bonds. The quantitative estimate of drug-likeness (QED) is 0.141. The van der Waals surface area contributed by atoms with Crippen molar-refractivity contribution in [3.63, 3.8) is 0 Å². The van der Waals surface area contributed by atoms with Crippen molar-refractivity contribution in [3.8, 4) is 0 Å². The number of imidazole rings is 1. The minimum Gasteiger partial charge on any atom is -0.387 e. The van der Waals surface area contributed by atoms with Crippen LogP contribution in [0.5, 0.6) is 0 Å². The van der Waals surface area contributed by atoms with Crippen LogP contribution in [0.1, 0.15) is 56.3 Å². The summed E-state index contributed by atoms with van der Waals surface area (Å²) in [4.78, 5) is 26.5. The second-order valence-electron chi connectivity index (χ2n) is 12.3. The number of aliphatic hydroxyl groups is 2. The van der Waals surface area contributed by atoms with Gasteiger partial charge in [-0.05, 0) is 31.9 Å². The first-order chi connectivity index (χ1) is 21.6. The van der Waals surface area contributed by atoms with Gasteiger partial charge in [-0.1, -0.05) is 60.7 Å². The number of carbonyl (C=O) groups excluding carboxylic acids is 1. The lowest BCUT2D eigenvalue weighted by atomic mass is 9.91. The predicted molar refractivity (Wildman–Crippen MR) is 171 cm³/mol. The van der Waals surface area contributed by atoms with Crippen molar-refractivity contribution in [3.05, 3.63) is 83.9 Å². The van der Waals surface area contributed by atoms with E-state index < -0.39 is 24.5 Å². The number of anilines is 1. The van der Waals surface area contributed by atoms with Crippen molar-refractivity contribution in [2.45, 2.75) is 69.7 Å². The average Bonchev–Trinajstić information content (AvgIpc) is 3.56. The molecule has 0 radical (unpaired) electrons. The smallest absolute Gasteiger partial charge is 0.221 e. The lowest BCUT2D eigenvalue weighted by Crippen LogP contribution is -2.41. The van der Waals surface area contributed by atoms with Gasteiger partial charge in [-0.2, -0.15) is 0 Å². The number of aromatic nitrogens is 4. The Morgan fingerprint density at radius 1 is 1.02 bits per heavy atom. The topological polar surface area (TPSA) is 156 Å². The molecule has 1 aliphatic heterocycles. The average molecular weight is 618 g/mol. The predicted octanol–water partition coefficient (Wildman–Crippen LogP) is 2.73. The highest BCUT2D eigenvalue weighted by molar-refractivity contribution is 5.83. The maximum absolute atomic E-state index is 12.3. The second kappa shape index (κ2) is 14.4. The van der Waals surface area contributed by atoms with Gasteiger partial charge >= 0.3 is 0 Å². The number of nitrogens with zero attached hydrogens (tertiary/aromatic N) is 4. The highest BCUT2D eigenvalue weighted by Gasteiger charge is 2.44. The molecule has 5 N–H and O–H groups in total. The van der Waals surface area contributed by atoms with Crippen molar-refractivity contribution >= 4 is 22.9 Å². The van der Waals surface area contributed by atoms with Crippen molar-refractivity contribution in [1.82, 2.24) is 30.2 Å². The summed E-state index contributed by atoms with van der Waals surface area (Å²) in [6, 6.07) is 20.5. The molecule has 12 nitrogen and oxygen atoms in total. The molecule has 0 aliphatic carbocycles. The first-order valence-electron chi connectivity index (χ1n) is 15.2.